The van der Waals surface area contributed by atoms with Gasteiger partial charge in [0.25, 0.3) is 0 Å². The van der Waals surface area contributed by atoms with Crippen molar-refractivity contribution in [2.24, 2.45) is 0 Å². The summed E-state index contributed by atoms with van der Waals surface area (Å²) in [4.78, 5) is 25.6. The van der Waals surface area contributed by atoms with Gasteiger partial charge >= 0.3 is 0 Å². The van der Waals surface area contributed by atoms with Crippen molar-refractivity contribution in [1.29, 1.82) is 0 Å². The molecule has 110 valence electrons. The van der Waals surface area contributed by atoms with Crippen LogP contribution in [0.15, 0.2) is 34.7 Å². The van der Waals surface area contributed by atoms with Gasteiger partial charge < -0.3 is 9.73 Å². The van der Waals surface area contributed by atoms with Crippen LogP contribution in [0.5, 0.6) is 0 Å². The highest BCUT2D eigenvalue weighted by atomic mass is 16.3. The van der Waals surface area contributed by atoms with Crippen molar-refractivity contribution in [3.8, 4) is 0 Å². The van der Waals surface area contributed by atoms with Crippen molar-refractivity contribution < 1.29 is 14.0 Å². The molecule has 0 atom stereocenters. The maximum atomic E-state index is 12.2. The van der Waals surface area contributed by atoms with Crippen molar-refractivity contribution in [2.45, 2.75) is 18.9 Å². The van der Waals surface area contributed by atoms with E-state index in [2.05, 4.69) is 5.32 Å². The number of nitrogens with zero attached hydrogens (tertiary/aromatic N) is 1. The molecule has 3 rings (SSSR count). The molecule has 1 saturated carbocycles. The van der Waals surface area contributed by atoms with Gasteiger partial charge in [-0.05, 0) is 32.0 Å². The zero-order valence-electron chi connectivity index (χ0n) is 12.0. The van der Waals surface area contributed by atoms with Crippen LogP contribution in [0, 0.1) is 0 Å². The molecule has 0 spiro atoms. The van der Waals surface area contributed by atoms with Crippen LogP contribution in [0.25, 0.3) is 11.0 Å². The van der Waals surface area contributed by atoms with E-state index in [1.165, 1.54) is 0 Å². The predicted octanol–water partition coefficient (Wildman–Crippen LogP) is 1.83. The fourth-order valence-electron chi connectivity index (χ4n) is 2.24. The third-order valence-corrected chi connectivity index (χ3v) is 3.47. The van der Waals surface area contributed by atoms with Gasteiger partial charge in [-0.25, -0.2) is 0 Å². The lowest BCUT2D eigenvalue weighted by molar-refractivity contribution is -0.121. The number of nitrogens with one attached hydrogen (secondary N) is 1. The standard InChI is InChI=1S/C16H18N2O3/c1-18(10-16(20)17-12-6-7-12)9-13(19)15-8-11-4-2-3-5-14(11)21-15/h2-5,8,12H,6-7,9-10H2,1H3,(H,17,20). The summed E-state index contributed by atoms with van der Waals surface area (Å²) in [5.41, 5.74) is 0.704. The highest BCUT2D eigenvalue weighted by Crippen LogP contribution is 2.19. The largest absolute Gasteiger partial charge is 0.453 e. The molecule has 2 aromatic rings. The number of benzene rings is 1. The first-order valence-electron chi connectivity index (χ1n) is 7.11. The number of para-hydroxylation sites is 1. The normalized spacial score (nSPS) is 14.6. The number of likely N-dealkylation sites (N-methyl/N-ethyl adjacent to an activating group) is 1. The Morgan fingerprint density at radius 2 is 2.05 bits per heavy atom. The fraction of sp³-hybridized carbons (Fsp3) is 0.375. The van der Waals surface area contributed by atoms with Crippen molar-refractivity contribution in [3.63, 3.8) is 0 Å². The molecular weight excluding hydrogens is 268 g/mol. The Hall–Kier alpha value is -2.14. The molecule has 5 heteroatoms. The summed E-state index contributed by atoms with van der Waals surface area (Å²) in [5, 5.41) is 3.82. The number of ketones is 1. The molecule has 0 radical (unpaired) electrons. The molecule has 0 unspecified atom stereocenters. The van der Waals surface area contributed by atoms with Crippen molar-refractivity contribution >= 4 is 22.7 Å². The number of carbonyl (C=O) groups is 2. The lowest BCUT2D eigenvalue weighted by Gasteiger charge is -2.14. The van der Waals surface area contributed by atoms with Crippen LogP contribution >= 0.6 is 0 Å². The number of hydrogen-bond acceptors (Lipinski definition) is 4. The second kappa shape index (κ2) is 5.69. The molecule has 1 aromatic carbocycles. The Labute approximate surface area is 122 Å². The van der Waals surface area contributed by atoms with E-state index in [9.17, 15) is 9.59 Å². The Morgan fingerprint density at radius 1 is 1.29 bits per heavy atom. The van der Waals surface area contributed by atoms with E-state index in [0.29, 0.717) is 17.4 Å². The minimum absolute atomic E-state index is 0.0302. The highest BCUT2D eigenvalue weighted by Gasteiger charge is 2.24. The SMILES string of the molecule is CN(CC(=O)NC1CC1)CC(=O)c1cc2ccccc2o1. The summed E-state index contributed by atoms with van der Waals surface area (Å²) in [6, 6.07) is 9.60. The molecule has 1 aliphatic carbocycles. The predicted molar refractivity (Wildman–Crippen MR) is 79.2 cm³/mol. The Bertz CT molecular complexity index is 640. The first-order chi connectivity index (χ1) is 10.1. The first-order valence-corrected chi connectivity index (χ1v) is 7.11. The second-order valence-electron chi connectivity index (χ2n) is 5.59. The molecule has 5 nitrogen and oxygen atoms in total. The van der Waals surface area contributed by atoms with E-state index < -0.39 is 0 Å². The summed E-state index contributed by atoms with van der Waals surface area (Å²) in [7, 11) is 1.76. The average molecular weight is 286 g/mol. The Balaban J connectivity index is 1.58. The van der Waals surface area contributed by atoms with Crippen LogP contribution in [0.2, 0.25) is 0 Å². The minimum atomic E-state index is -0.118. The second-order valence-corrected chi connectivity index (χ2v) is 5.59. The Kier molecular flexibility index (Phi) is 3.75. The van der Waals surface area contributed by atoms with E-state index in [-0.39, 0.29) is 24.8 Å². The van der Waals surface area contributed by atoms with E-state index in [0.717, 1.165) is 18.2 Å². The van der Waals surface area contributed by atoms with Gasteiger partial charge in [0, 0.05) is 11.4 Å². The van der Waals surface area contributed by atoms with Crippen molar-refractivity contribution in [2.75, 3.05) is 20.1 Å². The average Bonchev–Trinajstić information content (AvgIpc) is 3.13. The van der Waals surface area contributed by atoms with Gasteiger partial charge in [-0.1, -0.05) is 18.2 Å². The number of fused-ring (bicyclic) bond motifs is 1. The number of rotatable bonds is 6. The summed E-state index contributed by atoms with van der Waals surface area (Å²) < 4.78 is 5.53. The van der Waals surface area contributed by atoms with Crippen LogP contribution in [0.4, 0.5) is 0 Å². The molecule has 0 saturated heterocycles. The number of amides is 1. The molecule has 1 aromatic heterocycles. The molecule has 0 bridgehead atoms. The third kappa shape index (κ3) is 3.49. The number of hydrogen-bond donors (Lipinski definition) is 1. The van der Waals surface area contributed by atoms with E-state index in [1.807, 2.05) is 24.3 Å². The van der Waals surface area contributed by atoms with Gasteiger partial charge in [-0.3, -0.25) is 14.5 Å². The lowest BCUT2D eigenvalue weighted by atomic mass is 10.2. The quantitative estimate of drug-likeness (QED) is 0.823. The van der Waals surface area contributed by atoms with Gasteiger partial charge in [-0.2, -0.15) is 0 Å². The first kappa shape index (κ1) is 13.8. The fourth-order valence-corrected chi connectivity index (χ4v) is 2.24. The van der Waals surface area contributed by atoms with E-state index in [1.54, 1.807) is 18.0 Å². The Morgan fingerprint density at radius 3 is 2.76 bits per heavy atom. The van der Waals surface area contributed by atoms with Crippen LogP contribution in [-0.4, -0.2) is 42.8 Å². The zero-order valence-corrected chi connectivity index (χ0v) is 12.0. The molecule has 1 fully saturated rings. The molecule has 21 heavy (non-hydrogen) atoms. The van der Waals surface area contributed by atoms with Crippen LogP contribution in [0.3, 0.4) is 0 Å². The number of Topliss-reactive ketones (excluding diaryl/α,β-unsaturated/α-hetero) is 1. The smallest absolute Gasteiger partial charge is 0.234 e. The van der Waals surface area contributed by atoms with Crippen molar-refractivity contribution in [3.05, 3.63) is 36.1 Å². The summed E-state index contributed by atoms with van der Waals surface area (Å²) in [5.74, 6) is 0.191. The monoisotopic (exact) mass is 286 g/mol. The maximum absolute atomic E-state index is 12.2. The molecule has 1 aliphatic rings. The summed E-state index contributed by atoms with van der Waals surface area (Å²) in [6.07, 6.45) is 2.13. The van der Waals surface area contributed by atoms with Gasteiger partial charge in [0.05, 0.1) is 13.1 Å². The van der Waals surface area contributed by atoms with Crippen LogP contribution in [0.1, 0.15) is 23.4 Å². The van der Waals surface area contributed by atoms with Crippen molar-refractivity contribution in [1.82, 2.24) is 10.2 Å². The van der Waals surface area contributed by atoms with Crippen LogP contribution in [-0.2, 0) is 4.79 Å². The van der Waals surface area contributed by atoms with Gasteiger partial charge in [-0.15, -0.1) is 0 Å². The summed E-state index contributed by atoms with van der Waals surface area (Å²) >= 11 is 0. The van der Waals surface area contributed by atoms with Gasteiger partial charge in [0.15, 0.2) is 5.76 Å². The van der Waals surface area contributed by atoms with E-state index >= 15 is 0 Å². The minimum Gasteiger partial charge on any atom is -0.453 e. The lowest BCUT2D eigenvalue weighted by Crippen LogP contribution is -2.38. The maximum Gasteiger partial charge on any atom is 0.234 e. The molecule has 0 aliphatic heterocycles. The van der Waals surface area contributed by atoms with Crippen LogP contribution < -0.4 is 5.32 Å². The van der Waals surface area contributed by atoms with Gasteiger partial charge in [0.2, 0.25) is 11.7 Å². The molecule has 1 heterocycles. The third-order valence-electron chi connectivity index (χ3n) is 3.47. The van der Waals surface area contributed by atoms with Gasteiger partial charge in [0.1, 0.15) is 5.58 Å². The molecular formula is C16H18N2O3. The topological polar surface area (TPSA) is 62.6 Å². The number of carbonyl (C=O) groups excluding carboxylic acids is 2. The highest BCUT2D eigenvalue weighted by molar-refractivity contribution is 5.99. The molecule has 1 N–H and O–H groups in total. The summed E-state index contributed by atoms with van der Waals surface area (Å²) in [6.45, 7) is 0.389. The molecule has 1 amide bonds. The number of furan rings is 1. The van der Waals surface area contributed by atoms with E-state index in [4.69, 9.17) is 4.42 Å². The zero-order chi connectivity index (χ0) is 14.8.